The van der Waals surface area contributed by atoms with E-state index in [1.54, 1.807) is 0 Å². The highest BCUT2D eigenvalue weighted by Gasteiger charge is 2.29. The average molecular weight is 252 g/mol. The maximum atomic E-state index is 12.0. The highest BCUT2D eigenvalue weighted by Crippen LogP contribution is 2.23. The van der Waals surface area contributed by atoms with E-state index in [4.69, 9.17) is 0 Å². The predicted octanol–water partition coefficient (Wildman–Crippen LogP) is 2.65. The fraction of sp³-hybridized carbons (Fsp3) is 1.00. The first-order chi connectivity index (χ1) is 7.68. The van der Waals surface area contributed by atoms with E-state index in [1.165, 1.54) is 0 Å². The molecule has 1 heterocycles. The minimum absolute atomic E-state index is 0.171. The summed E-state index contributed by atoms with van der Waals surface area (Å²) in [6.07, 6.45) is -2.11. The van der Waals surface area contributed by atoms with Crippen molar-refractivity contribution in [1.82, 2.24) is 10.2 Å². The van der Waals surface area contributed by atoms with Gasteiger partial charge in [-0.2, -0.15) is 13.2 Å². The zero-order valence-electron chi connectivity index (χ0n) is 10.9. The molecule has 1 fully saturated rings. The normalized spacial score (nSPS) is 20.8. The summed E-state index contributed by atoms with van der Waals surface area (Å²) in [5.74, 6) is 0.385. The van der Waals surface area contributed by atoms with Crippen molar-refractivity contribution in [3.05, 3.63) is 0 Å². The van der Waals surface area contributed by atoms with Crippen LogP contribution < -0.4 is 5.32 Å². The second-order valence-electron chi connectivity index (χ2n) is 5.85. The van der Waals surface area contributed by atoms with Gasteiger partial charge in [-0.3, -0.25) is 4.90 Å². The predicted molar refractivity (Wildman–Crippen MR) is 63.0 cm³/mol. The van der Waals surface area contributed by atoms with Crippen LogP contribution in [0.5, 0.6) is 0 Å². The summed E-state index contributed by atoms with van der Waals surface area (Å²) < 4.78 is 35.9. The Hall–Kier alpha value is -0.290. The van der Waals surface area contributed by atoms with E-state index in [2.05, 4.69) is 31.0 Å². The lowest BCUT2D eigenvalue weighted by atomic mass is 9.93. The maximum Gasteiger partial charge on any atom is 0.401 e. The number of hydrogen-bond acceptors (Lipinski definition) is 2. The SMILES string of the molecule is CC(C)(C)N1CCC(CNCC(F)(F)F)CC1. The monoisotopic (exact) mass is 252 g/mol. The maximum absolute atomic E-state index is 12.0. The van der Waals surface area contributed by atoms with E-state index in [0.29, 0.717) is 12.5 Å². The van der Waals surface area contributed by atoms with Crippen LogP contribution in [0.15, 0.2) is 0 Å². The molecule has 0 unspecified atom stereocenters. The first-order valence-corrected chi connectivity index (χ1v) is 6.21. The molecule has 1 aliphatic heterocycles. The summed E-state index contributed by atoms with van der Waals surface area (Å²) in [7, 11) is 0. The zero-order valence-corrected chi connectivity index (χ0v) is 10.9. The number of piperidine rings is 1. The molecule has 0 spiro atoms. The lowest BCUT2D eigenvalue weighted by molar-refractivity contribution is -0.125. The fourth-order valence-corrected chi connectivity index (χ4v) is 2.23. The molecule has 0 aromatic rings. The molecule has 0 aliphatic carbocycles. The smallest absolute Gasteiger partial charge is 0.308 e. The van der Waals surface area contributed by atoms with Gasteiger partial charge in [-0.25, -0.2) is 0 Å². The Morgan fingerprint density at radius 1 is 1.12 bits per heavy atom. The van der Waals surface area contributed by atoms with Gasteiger partial charge in [-0.05, 0) is 59.2 Å². The van der Waals surface area contributed by atoms with E-state index < -0.39 is 12.7 Å². The molecule has 1 saturated heterocycles. The van der Waals surface area contributed by atoms with Crippen molar-refractivity contribution in [3.8, 4) is 0 Å². The van der Waals surface area contributed by atoms with Gasteiger partial charge in [0.25, 0.3) is 0 Å². The molecule has 1 N–H and O–H groups in total. The van der Waals surface area contributed by atoms with Crippen molar-refractivity contribution < 1.29 is 13.2 Å². The highest BCUT2D eigenvalue weighted by atomic mass is 19.4. The minimum atomic E-state index is -4.09. The summed E-state index contributed by atoms with van der Waals surface area (Å²) in [6.45, 7) is 8.12. The largest absolute Gasteiger partial charge is 0.401 e. The van der Waals surface area contributed by atoms with Gasteiger partial charge in [0.1, 0.15) is 0 Å². The lowest BCUT2D eigenvalue weighted by Crippen LogP contribution is -2.47. The molecule has 102 valence electrons. The molecule has 0 atom stereocenters. The van der Waals surface area contributed by atoms with Crippen LogP contribution in [0.25, 0.3) is 0 Å². The number of rotatable bonds is 3. The molecule has 0 radical (unpaired) electrons. The standard InChI is InChI=1S/C12H23F3N2/c1-11(2,3)17-6-4-10(5-7-17)8-16-9-12(13,14)15/h10,16H,4-9H2,1-3H3. The van der Waals surface area contributed by atoms with E-state index >= 15 is 0 Å². The molecule has 5 heteroatoms. The number of alkyl halides is 3. The van der Waals surface area contributed by atoms with Gasteiger partial charge in [0.2, 0.25) is 0 Å². The van der Waals surface area contributed by atoms with Crippen LogP contribution in [0.1, 0.15) is 33.6 Å². The topological polar surface area (TPSA) is 15.3 Å². The van der Waals surface area contributed by atoms with Crippen LogP contribution in [0.4, 0.5) is 13.2 Å². The molecule has 2 nitrogen and oxygen atoms in total. The fourth-order valence-electron chi connectivity index (χ4n) is 2.23. The quantitative estimate of drug-likeness (QED) is 0.830. The van der Waals surface area contributed by atoms with Crippen molar-refractivity contribution in [2.24, 2.45) is 5.92 Å². The summed E-state index contributed by atoms with van der Waals surface area (Å²) in [5, 5.41) is 2.51. The molecular weight excluding hydrogens is 229 g/mol. The molecule has 0 saturated carbocycles. The van der Waals surface area contributed by atoms with Crippen molar-refractivity contribution in [3.63, 3.8) is 0 Å². The van der Waals surface area contributed by atoms with Gasteiger partial charge >= 0.3 is 6.18 Å². The molecule has 0 aromatic heterocycles. The Morgan fingerprint density at radius 2 is 1.65 bits per heavy atom. The second kappa shape index (κ2) is 5.57. The first kappa shape index (κ1) is 14.8. The van der Waals surface area contributed by atoms with Gasteiger partial charge in [0, 0.05) is 5.54 Å². The molecule has 0 amide bonds. The molecule has 1 rings (SSSR count). The number of hydrogen-bond donors (Lipinski definition) is 1. The summed E-state index contributed by atoms with van der Waals surface area (Å²) in [6, 6.07) is 0. The number of nitrogens with one attached hydrogen (secondary N) is 1. The lowest BCUT2D eigenvalue weighted by Gasteiger charge is -2.41. The van der Waals surface area contributed by atoms with Crippen LogP contribution in [0.2, 0.25) is 0 Å². The van der Waals surface area contributed by atoms with Gasteiger partial charge in [0.15, 0.2) is 0 Å². The van der Waals surface area contributed by atoms with Crippen LogP contribution in [-0.2, 0) is 0 Å². The second-order valence-corrected chi connectivity index (χ2v) is 5.85. The number of nitrogens with zero attached hydrogens (tertiary/aromatic N) is 1. The number of halogens is 3. The van der Waals surface area contributed by atoms with Gasteiger partial charge in [-0.15, -0.1) is 0 Å². The van der Waals surface area contributed by atoms with Crippen molar-refractivity contribution >= 4 is 0 Å². The van der Waals surface area contributed by atoms with Crippen LogP contribution in [-0.4, -0.2) is 42.8 Å². The Labute approximate surface area is 102 Å². The van der Waals surface area contributed by atoms with Gasteiger partial charge < -0.3 is 5.32 Å². The third-order valence-electron chi connectivity index (χ3n) is 3.32. The van der Waals surface area contributed by atoms with E-state index in [9.17, 15) is 13.2 Å². The Kier molecular flexibility index (Phi) is 4.84. The highest BCUT2D eigenvalue weighted by molar-refractivity contribution is 4.82. The Bertz CT molecular complexity index is 222. The summed E-state index contributed by atoms with van der Waals surface area (Å²) >= 11 is 0. The first-order valence-electron chi connectivity index (χ1n) is 6.21. The van der Waals surface area contributed by atoms with Gasteiger partial charge in [-0.1, -0.05) is 0 Å². The van der Waals surface area contributed by atoms with Gasteiger partial charge in [0.05, 0.1) is 6.54 Å². The van der Waals surface area contributed by atoms with E-state index in [0.717, 1.165) is 25.9 Å². The van der Waals surface area contributed by atoms with E-state index in [1.807, 2.05) is 0 Å². The summed E-state index contributed by atoms with van der Waals surface area (Å²) in [4.78, 5) is 2.40. The van der Waals surface area contributed by atoms with E-state index in [-0.39, 0.29) is 5.54 Å². The molecule has 0 bridgehead atoms. The third kappa shape index (κ3) is 5.73. The van der Waals surface area contributed by atoms with Crippen molar-refractivity contribution in [2.75, 3.05) is 26.2 Å². The van der Waals surface area contributed by atoms with Crippen LogP contribution >= 0.6 is 0 Å². The Balaban J connectivity index is 2.20. The van der Waals surface area contributed by atoms with Crippen LogP contribution in [0.3, 0.4) is 0 Å². The average Bonchev–Trinajstić information content (AvgIpc) is 2.15. The number of likely N-dealkylation sites (tertiary alicyclic amines) is 1. The van der Waals surface area contributed by atoms with Crippen molar-refractivity contribution in [1.29, 1.82) is 0 Å². The molecular formula is C12H23F3N2. The molecule has 17 heavy (non-hydrogen) atoms. The van der Waals surface area contributed by atoms with Crippen LogP contribution in [0, 0.1) is 5.92 Å². The zero-order chi connectivity index (χ0) is 13.1. The Morgan fingerprint density at radius 3 is 2.06 bits per heavy atom. The molecule has 0 aromatic carbocycles. The minimum Gasteiger partial charge on any atom is -0.308 e. The summed E-state index contributed by atoms with van der Waals surface area (Å²) in [5.41, 5.74) is 0.171. The third-order valence-corrected chi connectivity index (χ3v) is 3.32. The van der Waals surface area contributed by atoms with Crippen molar-refractivity contribution in [2.45, 2.75) is 45.3 Å². The molecule has 1 aliphatic rings.